The Morgan fingerprint density at radius 1 is 1.15 bits per heavy atom. The van der Waals surface area contributed by atoms with E-state index in [0.717, 1.165) is 17.7 Å². The second-order valence-electron chi connectivity index (χ2n) is 6.26. The summed E-state index contributed by atoms with van der Waals surface area (Å²) in [7, 11) is -2.24. The highest BCUT2D eigenvalue weighted by Crippen LogP contribution is 2.39. The minimum absolute atomic E-state index is 0.0961. The van der Waals surface area contributed by atoms with Gasteiger partial charge in [0, 0.05) is 18.1 Å². The minimum atomic E-state index is -3.69. The molecule has 2 aliphatic heterocycles. The van der Waals surface area contributed by atoms with Crippen LogP contribution in [0.2, 0.25) is 5.02 Å². The topological polar surface area (TPSA) is 65.1 Å². The third-order valence-electron chi connectivity index (χ3n) is 4.76. The van der Waals surface area contributed by atoms with Gasteiger partial charge in [-0.25, -0.2) is 8.42 Å². The highest BCUT2D eigenvalue weighted by atomic mass is 35.5. The number of halogens is 1. The average Bonchev–Trinajstić information content (AvgIpc) is 3.30. The molecule has 0 unspecified atom stereocenters. The molecule has 2 aromatic rings. The lowest BCUT2D eigenvalue weighted by Gasteiger charge is -2.19. The number of hydrogen-bond donors (Lipinski definition) is 0. The maximum Gasteiger partial charge on any atom is 0.246 e. The van der Waals surface area contributed by atoms with Gasteiger partial charge >= 0.3 is 0 Å². The van der Waals surface area contributed by atoms with Crippen LogP contribution in [0, 0.1) is 0 Å². The summed E-state index contributed by atoms with van der Waals surface area (Å²) < 4.78 is 43.6. The summed E-state index contributed by atoms with van der Waals surface area (Å²) in [5.41, 5.74) is 1.05. The smallest absolute Gasteiger partial charge is 0.246 e. The first-order valence-corrected chi connectivity index (χ1v) is 10.0. The molecule has 1 fully saturated rings. The van der Waals surface area contributed by atoms with Gasteiger partial charge < -0.3 is 14.2 Å². The summed E-state index contributed by atoms with van der Waals surface area (Å²) in [4.78, 5) is 0.0961. The van der Waals surface area contributed by atoms with Crippen molar-refractivity contribution in [1.82, 2.24) is 4.31 Å². The predicted molar refractivity (Wildman–Crippen MR) is 96.7 cm³/mol. The molecule has 0 spiro atoms. The van der Waals surface area contributed by atoms with Crippen molar-refractivity contribution in [2.24, 2.45) is 0 Å². The molecule has 6 nitrogen and oxygen atoms in total. The molecule has 0 N–H and O–H groups in total. The Morgan fingerprint density at radius 2 is 1.96 bits per heavy atom. The van der Waals surface area contributed by atoms with Gasteiger partial charge in [0.05, 0.1) is 7.11 Å². The van der Waals surface area contributed by atoms with E-state index in [0.29, 0.717) is 29.6 Å². The molecule has 1 saturated heterocycles. The van der Waals surface area contributed by atoms with E-state index in [1.165, 1.54) is 17.5 Å². The molecule has 2 aliphatic rings. The van der Waals surface area contributed by atoms with Gasteiger partial charge in [-0.15, -0.1) is 0 Å². The fourth-order valence-electron chi connectivity index (χ4n) is 3.38. The van der Waals surface area contributed by atoms with Crippen molar-refractivity contribution < 1.29 is 22.6 Å². The molecule has 8 heteroatoms. The quantitative estimate of drug-likeness (QED) is 0.795. The van der Waals surface area contributed by atoms with Crippen LogP contribution in [0.4, 0.5) is 0 Å². The van der Waals surface area contributed by atoms with Crippen molar-refractivity contribution >= 4 is 21.6 Å². The third-order valence-corrected chi connectivity index (χ3v) is 6.88. The molecule has 26 heavy (non-hydrogen) atoms. The van der Waals surface area contributed by atoms with Crippen LogP contribution in [0.1, 0.15) is 17.9 Å². The van der Waals surface area contributed by atoms with Gasteiger partial charge in [0.25, 0.3) is 0 Å². The maximum atomic E-state index is 13.1. The van der Waals surface area contributed by atoms with E-state index >= 15 is 0 Å². The SMILES string of the molecule is COc1ccc(Cl)cc1S(=O)(=O)N1CC[C@@H](c2ccc3c(c2)OCO3)C1. The minimum Gasteiger partial charge on any atom is -0.495 e. The average molecular weight is 396 g/mol. The van der Waals surface area contributed by atoms with Gasteiger partial charge in [-0.05, 0) is 48.2 Å². The summed E-state index contributed by atoms with van der Waals surface area (Å²) in [6.45, 7) is 1.06. The number of nitrogens with zero attached hydrogens (tertiary/aromatic N) is 1. The molecule has 2 heterocycles. The first kappa shape index (κ1) is 17.5. The van der Waals surface area contributed by atoms with Gasteiger partial charge in [-0.3, -0.25) is 0 Å². The number of ether oxygens (including phenoxy) is 3. The fourth-order valence-corrected chi connectivity index (χ4v) is 5.30. The number of benzene rings is 2. The Labute approximate surface area is 157 Å². The van der Waals surface area contributed by atoms with Crippen molar-refractivity contribution in [2.45, 2.75) is 17.2 Å². The fraction of sp³-hybridized carbons (Fsp3) is 0.333. The third kappa shape index (κ3) is 3.00. The molecule has 0 aliphatic carbocycles. The highest BCUT2D eigenvalue weighted by Gasteiger charge is 2.35. The van der Waals surface area contributed by atoms with Crippen molar-refractivity contribution in [3.8, 4) is 17.2 Å². The molecular weight excluding hydrogens is 378 g/mol. The molecule has 4 rings (SSSR count). The lowest BCUT2D eigenvalue weighted by molar-refractivity contribution is 0.174. The lowest BCUT2D eigenvalue weighted by Crippen LogP contribution is -2.29. The van der Waals surface area contributed by atoms with E-state index in [1.807, 2.05) is 18.2 Å². The van der Waals surface area contributed by atoms with Gasteiger partial charge in [0.15, 0.2) is 11.5 Å². The van der Waals surface area contributed by atoms with E-state index in [4.69, 9.17) is 25.8 Å². The largest absolute Gasteiger partial charge is 0.495 e. The molecule has 2 aromatic carbocycles. The second-order valence-corrected chi connectivity index (χ2v) is 8.60. The van der Waals surface area contributed by atoms with Gasteiger partial charge in [0.2, 0.25) is 16.8 Å². The van der Waals surface area contributed by atoms with Crippen molar-refractivity contribution in [2.75, 3.05) is 27.0 Å². The van der Waals surface area contributed by atoms with Gasteiger partial charge in [-0.1, -0.05) is 17.7 Å². The van der Waals surface area contributed by atoms with Gasteiger partial charge in [-0.2, -0.15) is 4.31 Å². The zero-order valence-electron chi connectivity index (χ0n) is 14.1. The van der Waals surface area contributed by atoms with Crippen LogP contribution in [0.3, 0.4) is 0 Å². The summed E-state index contributed by atoms with van der Waals surface area (Å²) in [6, 6.07) is 10.4. The van der Waals surface area contributed by atoms with Gasteiger partial charge in [0.1, 0.15) is 10.6 Å². The molecule has 0 amide bonds. The number of rotatable bonds is 4. The zero-order chi connectivity index (χ0) is 18.3. The van der Waals surface area contributed by atoms with E-state index in [9.17, 15) is 8.42 Å². The Balaban J connectivity index is 1.59. The maximum absolute atomic E-state index is 13.1. The van der Waals surface area contributed by atoms with Crippen LogP contribution in [-0.4, -0.2) is 39.7 Å². The van der Waals surface area contributed by atoms with E-state index in [-0.39, 0.29) is 17.6 Å². The number of methoxy groups -OCH3 is 1. The first-order valence-electron chi connectivity index (χ1n) is 8.22. The molecule has 0 radical (unpaired) electrons. The highest BCUT2D eigenvalue weighted by molar-refractivity contribution is 7.89. The van der Waals surface area contributed by atoms with Crippen LogP contribution >= 0.6 is 11.6 Å². The molecular formula is C18H18ClNO5S. The molecule has 0 aromatic heterocycles. The van der Waals surface area contributed by atoms with E-state index in [2.05, 4.69) is 0 Å². The molecule has 0 bridgehead atoms. The van der Waals surface area contributed by atoms with Crippen LogP contribution in [0.15, 0.2) is 41.3 Å². The van der Waals surface area contributed by atoms with E-state index < -0.39 is 10.0 Å². The number of fused-ring (bicyclic) bond motifs is 1. The second kappa shape index (κ2) is 6.64. The standard InChI is InChI=1S/C18H18ClNO5S/c1-23-16-5-3-14(19)9-18(16)26(21,22)20-7-6-13(10-20)12-2-4-15-17(8-12)25-11-24-15/h2-5,8-9,13H,6-7,10-11H2,1H3/t13-/m1/s1. The Kier molecular flexibility index (Phi) is 4.46. The summed E-state index contributed by atoms with van der Waals surface area (Å²) >= 11 is 6.00. The van der Waals surface area contributed by atoms with Crippen molar-refractivity contribution in [1.29, 1.82) is 0 Å². The molecule has 138 valence electrons. The normalized spacial score (nSPS) is 19.7. The van der Waals surface area contributed by atoms with Crippen molar-refractivity contribution in [3.63, 3.8) is 0 Å². The summed E-state index contributed by atoms with van der Waals surface area (Å²) in [6.07, 6.45) is 0.738. The van der Waals surface area contributed by atoms with Crippen molar-refractivity contribution in [3.05, 3.63) is 47.0 Å². The summed E-state index contributed by atoms with van der Waals surface area (Å²) in [5, 5.41) is 0.357. The Hall–Kier alpha value is -1.96. The van der Waals surface area contributed by atoms with Crippen LogP contribution in [0.25, 0.3) is 0 Å². The Morgan fingerprint density at radius 3 is 2.77 bits per heavy atom. The monoisotopic (exact) mass is 395 g/mol. The predicted octanol–water partition coefficient (Wildman–Crippen LogP) is 3.26. The van der Waals surface area contributed by atoms with Crippen LogP contribution in [0.5, 0.6) is 17.2 Å². The summed E-state index contributed by atoms with van der Waals surface area (Å²) in [5.74, 6) is 1.82. The number of hydrogen-bond acceptors (Lipinski definition) is 5. The van der Waals surface area contributed by atoms with E-state index in [1.54, 1.807) is 12.1 Å². The molecule has 0 saturated carbocycles. The first-order chi connectivity index (χ1) is 12.5. The van der Waals surface area contributed by atoms with Crippen LogP contribution in [-0.2, 0) is 10.0 Å². The number of sulfonamides is 1. The lowest BCUT2D eigenvalue weighted by atomic mass is 9.98. The van der Waals surface area contributed by atoms with Crippen LogP contribution < -0.4 is 14.2 Å². The molecule has 1 atom stereocenters. The Bertz CT molecular complexity index is 947. The zero-order valence-corrected chi connectivity index (χ0v) is 15.7.